The molecule has 0 aliphatic rings. The number of hydrogen-bond donors (Lipinski definition) is 1. The summed E-state index contributed by atoms with van der Waals surface area (Å²) in [6.07, 6.45) is 0.840. The molecule has 0 aromatic heterocycles. The molecule has 2 rings (SSSR count). The largest absolute Gasteiger partial charge is 0.502 e. The number of carbonyl (C=O) groups is 2. The summed E-state index contributed by atoms with van der Waals surface area (Å²) in [4.78, 5) is 25.0. The van der Waals surface area contributed by atoms with E-state index in [0.717, 1.165) is 24.3 Å². The number of benzene rings is 2. The summed E-state index contributed by atoms with van der Waals surface area (Å²) in [5.41, 5.74) is 1.92. The minimum absolute atomic E-state index is 0.151. The molecule has 5 nitrogen and oxygen atoms in total. The fourth-order valence-corrected chi connectivity index (χ4v) is 2.80. The lowest BCUT2D eigenvalue weighted by Crippen LogP contribution is -2.30. The zero-order valence-electron chi connectivity index (χ0n) is 14.9. The van der Waals surface area contributed by atoms with Gasteiger partial charge in [-0.05, 0) is 35.4 Å². The molecule has 0 fully saturated rings. The monoisotopic (exact) mass is 407 g/mol. The Bertz CT molecular complexity index is 787. The van der Waals surface area contributed by atoms with E-state index in [2.05, 4.69) is 4.74 Å². The van der Waals surface area contributed by atoms with Gasteiger partial charge in [-0.25, -0.2) is 4.79 Å². The molecular formula is C20H19Cl2NO4. The molecule has 7 heteroatoms. The van der Waals surface area contributed by atoms with Crippen molar-refractivity contribution in [3.63, 3.8) is 0 Å². The third kappa shape index (κ3) is 5.74. The molecule has 0 spiro atoms. The molecule has 0 bridgehead atoms. The number of aliphatic hydroxyl groups is 1. The minimum Gasteiger partial charge on any atom is -0.502 e. The number of carbonyl (C=O) groups excluding carboxylic acids is 2. The summed E-state index contributed by atoms with van der Waals surface area (Å²) in [6.45, 7) is 0.313. The van der Waals surface area contributed by atoms with Gasteiger partial charge in [0.1, 0.15) is 0 Å². The molecule has 2 aromatic carbocycles. The summed E-state index contributed by atoms with van der Waals surface area (Å²) >= 11 is 12.0. The van der Waals surface area contributed by atoms with Crippen LogP contribution >= 0.6 is 23.2 Å². The Morgan fingerprint density at radius 2 is 1.48 bits per heavy atom. The second kappa shape index (κ2) is 9.44. The number of aliphatic hydroxyl groups excluding tert-OH is 1. The van der Waals surface area contributed by atoms with Gasteiger partial charge >= 0.3 is 5.97 Å². The zero-order valence-corrected chi connectivity index (χ0v) is 16.4. The van der Waals surface area contributed by atoms with Crippen LogP contribution in [0.15, 0.2) is 60.4 Å². The highest BCUT2D eigenvalue weighted by Crippen LogP contribution is 2.28. The number of rotatable bonds is 6. The van der Waals surface area contributed by atoms with Crippen molar-refractivity contribution in [3.05, 3.63) is 81.5 Å². The fourth-order valence-electron chi connectivity index (χ4n) is 2.55. The van der Waals surface area contributed by atoms with E-state index in [4.69, 9.17) is 23.2 Å². The smallest absolute Gasteiger partial charge is 0.373 e. The van der Waals surface area contributed by atoms with E-state index in [-0.39, 0.29) is 5.92 Å². The van der Waals surface area contributed by atoms with Crippen molar-refractivity contribution in [2.75, 3.05) is 20.7 Å². The van der Waals surface area contributed by atoms with Crippen LogP contribution in [-0.2, 0) is 14.3 Å². The van der Waals surface area contributed by atoms with Crippen molar-refractivity contribution in [1.29, 1.82) is 0 Å². The molecule has 0 saturated carbocycles. The third-order valence-corrected chi connectivity index (χ3v) is 4.54. The molecular weight excluding hydrogens is 389 g/mol. The van der Waals surface area contributed by atoms with Gasteiger partial charge in [0.15, 0.2) is 0 Å². The van der Waals surface area contributed by atoms with E-state index >= 15 is 0 Å². The Morgan fingerprint density at radius 1 is 1.04 bits per heavy atom. The second-order valence-corrected chi connectivity index (χ2v) is 6.77. The first kappa shape index (κ1) is 20.8. The quantitative estimate of drug-likeness (QED) is 0.442. The van der Waals surface area contributed by atoms with Gasteiger partial charge in [-0.1, -0.05) is 47.5 Å². The van der Waals surface area contributed by atoms with Crippen LogP contribution in [-0.4, -0.2) is 42.6 Å². The van der Waals surface area contributed by atoms with Crippen molar-refractivity contribution in [1.82, 2.24) is 4.90 Å². The van der Waals surface area contributed by atoms with Crippen LogP contribution in [0, 0.1) is 0 Å². The molecule has 0 aliphatic carbocycles. The van der Waals surface area contributed by atoms with E-state index in [1.54, 1.807) is 31.3 Å². The van der Waals surface area contributed by atoms with Crippen LogP contribution in [0.2, 0.25) is 10.0 Å². The predicted molar refractivity (Wildman–Crippen MR) is 105 cm³/mol. The maximum atomic E-state index is 12.3. The number of likely N-dealkylation sites (N-methyl/N-ethyl adjacent to an activating group) is 1. The van der Waals surface area contributed by atoms with Crippen LogP contribution in [0.1, 0.15) is 17.0 Å². The number of amides is 1. The molecule has 1 amide bonds. The third-order valence-electron chi connectivity index (χ3n) is 4.03. The summed E-state index contributed by atoms with van der Waals surface area (Å²) in [6, 6.07) is 14.7. The standard InChI is InChI=1S/C20H19Cl2NO4/c1-23(19(25)11-18(24)20(26)27-2)12-17(13-3-7-15(21)8-4-13)14-5-9-16(22)10-6-14/h3-11,17,24H,12H2,1-2H3. The lowest BCUT2D eigenvalue weighted by Gasteiger charge is -2.24. The van der Waals surface area contributed by atoms with Gasteiger partial charge in [-0.15, -0.1) is 0 Å². The number of hydrogen-bond acceptors (Lipinski definition) is 4. The van der Waals surface area contributed by atoms with Crippen molar-refractivity contribution in [3.8, 4) is 0 Å². The van der Waals surface area contributed by atoms with Crippen molar-refractivity contribution in [2.24, 2.45) is 0 Å². The second-order valence-electron chi connectivity index (χ2n) is 5.90. The number of methoxy groups -OCH3 is 1. The van der Waals surface area contributed by atoms with Gasteiger partial charge in [0.05, 0.1) is 13.2 Å². The van der Waals surface area contributed by atoms with Crippen molar-refractivity contribution >= 4 is 35.1 Å². The molecule has 27 heavy (non-hydrogen) atoms. The van der Waals surface area contributed by atoms with Crippen LogP contribution in [0.4, 0.5) is 0 Å². The Kier molecular flexibility index (Phi) is 7.28. The molecule has 0 atom stereocenters. The summed E-state index contributed by atoms with van der Waals surface area (Å²) in [7, 11) is 2.71. The maximum absolute atomic E-state index is 12.3. The first-order chi connectivity index (χ1) is 12.8. The van der Waals surface area contributed by atoms with Gasteiger partial charge in [-0.2, -0.15) is 0 Å². The summed E-state index contributed by atoms with van der Waals surface area (Å²) in [5.74, 6) is -2.39. The van der Waals surface area contributed by atoms with Gasteiger partial charge in [0, 0.05) is 29.6 Å². The minimum atomic E-state index is -0.969. The average molecular weight is 408 g/mol. The fraction of sp³-hybridized carbons (Fsp3) is 0.200. The Morgan fingerprint density at radius 3 is 1.89 bits per heavy atom. The molecule has 0 aliphatic heterocycles. The van der Waals surface area contributed by atoms with Crippen molar-refractivity contribution in [2.45, 2.75) is 5.92 Å². The van der Waals surface area contributed by atoms with Crippen LogP contribution in [0.25, 0.3) is 0 Å². The predicted octanol–water partition coefficient (Wildman–Crippen LogP) is 4.20. The lowest BCUT2D eigenvalue weighted by atomic mass is 9.91. The van der Waals surface area contributed by atoms with Crippen molar-refractivity contribution < 1.29 is 19.4 Å². The summed E-state index contributed by atoms with van der Waals surface area (Å²) in [5, 5.41) is 10.8. The van der Waals surface area contributed by atoms with Gasteiger partial charge in [0.25, 0.3) is 0 Å². The molecule has 1 N–H and O–H groups in total. The van der Waals surface area contributed by atoms with Crippen LogP contribution in [0.3, 0.4) is 0 Å². The topological polar surface area (TPSA) is 66.8 Å². The summed E-state index contributed by atoms with van der Waals surface area (Å²) < 4.78 is 4.38. The van der Waals surface area contributed by atoms with E-state index in [0.29, 0.717) is 16.6 Å². The Balaban J connectivity index is 2.28. The van der Waals surface area contributed by atoms with Crippen LogP contribution in [0.5, 0.6) is 0 Å². The number of ether oxygens (including phenoxy) is 1. The first-order valence-electron chi connectivity index (χ1n) is 8.06. The molecule has 0 saturated heterocycles. The Labute approximate surface area is 167 Å². The molecule has 142 valence electrons. The van der Waals surface area contributed by atoms with Gasteiger partial charge in [-0.3, -0.25) is 4.79 Å². The number of halogens is 2. The van der Waals surface area contributed by atoms with E-state index in [1.165, 1.54) is 4.90 Å². The average Bonchev–Trinajstić information content (AvgIpc) is 2.66. The molecule has 0 unspecified atom stereocenters. The van der Waals surface area contributed by atoms with E-state index in [1.807, 2.05) is 24.3 Å². The SMILES string of the molecule is COC(=O)C(O)=CC(=O)N(C)CC(c1ccc(Cl)cc1)c1ccc(Cl)cc1. The highest BCUT2D eigenvalue weighted by atomic mass is 35.5. The normalized spacial score (nSPS) is 11.4. The van der Waals surface area contributed by atoms with Gasteiger partial charge in [0.2, 0.25) is 11.7 Å². The van der Waals surface area contributed by atoms with Gasteiger partial charge < -0.3 is 14.7 Å². The molecule has 0 heterocycles. The molecule has 2 aromatic rings. The molecule has 0 radical (unpaired) electrons. The lowest BCUT2D eigenvalue weighted by molar-refractivity contribution is -0.139. The number of esters is 1. The number of nitrogens with zero attached hydrogens (tertiary/aromatic N) is 1. The zero-order chi connectivity index (χ0) is 20.0. The maximum Gasteiger partial charge on any atom is 0.373 e. The first-order valence-corrected chi connectivity index (χ1v) is 8.82. The van der Waals surface area contributed by atoms with E-state index < -0.39 is 17.6 Å². The highest BCUT2D eigenvalue weighted by Gasteiger charge is 2.20. The Hall–Kier alpha value is -2.50. The van der Waals surface area contributed by atoms with E-state index in [9.17, 15) is 14.7 Å². The highest BCUT2D eigenvalue weighted by molar-refractivity contribution is 6.30. The van der Waals surface area contributed by atoms with Crippen LogP contribution < -0.4 is 0 Å².